The van der Waals surface area contributed by atoms with Crippen molar-refractivity contribution >= 4 is 16.0 Å². The van der Waals surface area contributed by atoms with Crippen LogP contribution >= 0.6 is 0 Å². The lowest BCUT2D eigenvalue weighted by Crippen LogP contribution is -2.27. The van der Waals surface area contributed by atoms with Gasteiger partial charge in [0.15, 0.2) is 0 Å². The molecule has 0 radical (unpaired) electrons. The Balaban J connectivity index is 3.52. The van der Waals surface area contributed by atoms with Crippen LogP contribution in [0.1, 0.15) is 28.4 Å². The number of carboxylic acids is 1. The van der Waals surface area contributed by atoms with Crippen molar-refractivity contribution in [1.29, 1.82) is 0 Å². The molecule has 0 unspecified atom stereocenters. The van der Waals surface area contributed by atoms with Crippen LogP contribution in [0.15, 0.2) is 17.0 Å². The summed E-state index contributed by atoms with van der Waals surface area (Å²) in [4.78, 5) is 11.1. The molecule has 5 nitrogen and oxygen atoms in total. The van der Waals surface area contributed by atoms with E-state index in [9.17, 15) is 13.2 Å². The maximum atomic E-state index is 12.2. The Labute approximate surface area is 107 Å². The van der Waals surface area contributed by atoms with E-state index in [2.05, 4.69) is 0 Å². The number of aryl methyl sites for hydroxylation is 2. The maximum Gasteiger partial charge on any atom is 0.335 e. The summed E-state index contributed by atoms with van der Waals surface area (Å²) in [7, 11) is -2.16. The van der Waals surface area contributed by atoms with E-state index in [1.807, 2.05) is 0 Å². The van der Waals surface area contributed by atoms with Crippen LogP contribution in [-0.4, -0.2) is 37.4 Å². The quantitative estimate of drug-likeness (QED) is 0.903. The van der Waals surface area contributed by atoms with E-state index in [4.69, 9.17) is 5.11 Å². The molecular weight excluding hydrogens is 254 g/mol. The van der Waals surface area contributed by atoms with Crippen LogP contribution in [0.2, 0.25) is 0 Å². The summed E-state index contributed by atoms with van der Waals surface area (Å²) in [5.74, 6) is -1.12. The van der Waals surface area contributed by atoms with E-state index >= 15 is 0 Å². The standard InChI is InChI=1S/C12H17NO4S/c1-5-13(4)18(16,17)11-7-10(12(14)15)8(2)6-9(11)3/h6-7H,5H2,1-4H3,(H,14,15). The number of carboxylic acid groups (broad SMARTS) is 1. The third kappa shape index (κ3) is 2.54. The molecule has 0 aliphatic heterocycles. The number of hydrogen-bond donors (Lipinski definition) is 1. The zero-order valence-corrected chi connectivity index (χ0v) is 11.7. The fourth-order valence-corrected chi connectivity index (χ4v) is 3.09. The summed E-state index contributed by atoms with van der Waals surface area (Å²) in [6.45, 7) is 5.36. The van der Waals surface area contributed by atoms with E-state index in [0.717, 1.165) is 0 Å². The van der Waals surface area contributed by atoms with Gasteiger partial charge in [0.25, 0.3) is 0 Å². The first kappa shape index (κ1) is 14.7. The van der Waals surface area contributed by atoms with Crippen molar-refractivity contribution in [1.82, 2.24) is 4.31 Å². The largest absolute Gasteiger partial charge is 0.478 e. The van der Waals surface area contributed by atoms with Gasteiger partial charge in [0, 0.05) is 13.6 Å². The molecule has 0 fully saturated rings. The van der Waals surface area contributed by atoms with E-state index in [1.54, 1.807) is 26.8 Å². The molecule has 0 aliphatic carbocycles. The summed E-state index contributed by atoms with van der Waals surface area (Å²) in [5, 5.41) is 9.03. The first-order valence-electron chi connectivity index (χ1n) is 5.52. The van der Waals surface area contributed by atoms with E-state index in [1.165, 1.54) is 17.4 Å². The molecule has 0 aliphatic rings. The lowest BCUT2D eigenvalue weighted by atomic mass is 10.1. The topological polar surface area (TPSA) is 74.7 Å². The highest BCUT2D eigenvalue weighted by atomic mass is 32.2. The van der Waals surface area contributed by atoms with Gasteiger partial charge in [0.05, 0.1) is 10.5 Å². The van der Waals surface area contributed by atoms with Gasteiger partial charge in [-0.3, -0.25) is 0 Å². The van der Waals surface area contributed by atoms with Gasteiger partial charge in [-0.1, -0.05) is 13.0 Å². The van der Waals surface area contributed by atoms with Crippen molar-refractivity contribution in [2.45, 2.75) is 25.7 Å². The Hall–Kier alpha value is -1.40. The third-order valence-electron chi connectivity index (χ3n) is 2.89. The average molecular weight is 271 g/mol. The molecule has 1 aromatic rings. The van der Waals surface area contributed by atoms with Crippen LogP contribution in [0.3, 0.4) is 0 Å². The monoisotopic (exact) mass is 271 g/mol. The predicted molar refractivity (Wildman–Crippen MR) is 68.4 cm³/mol. The van der Waals surface area contributed by atoms with Gasteiger partial charge >= 0.3 is 5.97 Å². The summed E-state index contributed by atoms with van der Waals surface area (Å²) >= 11 is 0. The number of hydrogen-bond acceptors (Lipinski definition) is 3. The molecule has 0 saturated carbocycles. The fourth-order valence-electron chi connectivity index (χ4n) is 1.68. The summed E-state index contributed by atoms with van der Waals surface area (Å²) in [6.07, 6.45) is 0. The molecule has 0 bridgehead atoms. The van der Waals surface area contributed by atoms with Crippen molar-refractivity contribution < 1.29 is 18.3 Å². The first-order chi connectivity index (χ1) is 8.21. The first-order valence-corrected chi connectivity index (χ1v) is 6.96. The van der Waals surface area contributed by atoms with Gasteiger partial charge < -0.3 is 5.11 Å². The number of rotatable bonds is 4. The molecule has 0 saturated heterocycles. The molecule has 1 aromatic carbocycles. The second-order valence-corrected chi connectivity index (χ2v) is 6.17. The third-order valence-corrected chi connectivity index (χ3v) is 4.96. The number of nitrogens with zero attached hydrogens (tertiary/aromatic N) is 1. The van der Waals surface area contributed by atoms with Crippen LogP contribution in [0.4, 0.5) is 0 Å². The summed E-state index contributed by atoms with van der Waals surface area (Å²) in [6, 6.07) is 2.81. The molecule has 1 rings (SSSR count). The minimum atomic E-state index is -3.62. The van der Waals surface area contributed by atoms with Crippen LogP contribution in [0.5, 0.6) is 0 Å². The Morgan fingerprint density at radius 3 is 2.28 bits per heavy atom. The highest BCUT2D eigenvalue weighted by Gasteiger charge is 2.23. The molecule has 100 valence electrons. The zero-order chi connectivity index (χ0) is 14.1. The van der Waals surface area contributed by atoms with Gasteiger partial charge in [0.1, 0.15) is 0 Å². The van der Waals surface area contributed by atoms with E-state index in [-0.39, 0.29) is 10.5 Å². The van der Waals surface area contributed by atoms with Crippen LogP contribution < -0.4 is 0 Å². The fraction of sp³-hybridized carbons (Fsp3) is 0.417. The number of benzene rings is 1. The van der Waals surface area contributed by atoms with Crippen molar-refractivity contribution in [2.24, 2.45) is 0 Å². The van der Waals surface area contributed by atoms with Crippen LogP contribution in [-0.2, 0) is 10.0 Å². The number of aromatic carboxylic acids is 1. The van der Waals surface area contributed by atoms with Crippen LogP contribution in [0, 0.1) is 13.8 Å². The second kappa shape index (κ2) is 5.07. The Morgan fingerprint density at radius 2 is 1.83 bits per heavy atom. The lowest BCUT2D eigenvalue weighted by Gasteiger charge is -2.17. The number of sulfonamides is 1. The molecule has 1 N–H and O–H groups in total. The van der Waals surface area contributed by atoms with Crippen molar-refractivity contribution in [3.63, 3.8) is 0 Å². The molecule has 0 heterocycles. The minimum Gasteiger partial charge on any atom is -0.478 e. The van der Waals surface area contributed by atoms with Crippen molar-refractivity contribution in [3.8, 4) is 0 Å². The molecule has 0 atom stereocenters. The van der Waals surface area contributed by atoms with Gasteiger partial charge in [-0.2, -0.15) is 0 Å². The highest BCUT2D eigenvalue weighted by Crippen LogP contribution is 2.23. The Kier molecular flexibility index (Phi) is 4.13. The van der Waals surface area contributed by atoms with E-state index in [0.29, 0.717) is 17.7 Å². The minimum absolute atomic E-state index is 0.0173. The molecule has 0 amide bonds. The molecule has 0 aromatic heterocycles. The van der Waals surface area contributed by atoms with Gasteiger partial charge in [0.2, 0.25) is 10.0 Å². The molecular formula is C12H17NO4S. The number of carbonyl (C=O) groups is 1. The normalized spacial score (nSPS) is 11.8. The SMILES string of the molecule is CCN(C)S(=O)(=O)c1cc(C(=O)O)c(C)cc1C. The second-order valence-electron chi connectivity index (χ2n) is 4.16. The summed E-state index contributed by atoms with van der Waals surface area (Å²) in [5.41, 5.74) is 1.12. The van der Waals surface area contributed by atoms with Gasteiger partial charge in [-0.15, -0.1) is 0 Å². The smallest absolute Gasteiger partial charge is 0.335 e. The molecule has 18 heavy (non-hydrogen) atoms. The summed E-state index contributed by atoms with van der Waals surface area (Å²) < 4.78 is 25.6. The van der Waals surface area contributed by atoms with Gasteiger partial charge in [-0.25, -0.2) is 17.5 Å². The van der Waals surface area contributed by atoms with Crippen molar-refractivity contribution in [2.75, 3.05) is 13.6 Å². The predicted octanol–water partition coefficient (Wildman–Crippen LogP) is 1.64. The average Bonchev–Trinajstić information content (AvgIpc) is 2.26. The molecule has 0 spiro atoms. The molecule has 6 heteroatoms. The van der Waals surface area contributed by atoms with Crippen molar-refractivity contribution in [3.05, 3.63) is 28.8 Å². The van der Waals surface area contributed by atoms with E-state index < -0.39 is 16.0 Å². The highest BCUT2D eigenvalue weighted by molar-refractivity contribution is 7.89. The lowest BCUT2D eigenvalue weighted by molar-refractivity contribution is 0.0696. The Bertz CT molecular complexity index is 578. The van der Waals surface area contributed by atoms with Gasteiger partial charge in [-0.05, 0) is 31.0 Å². The Morgan fingerprint density at radius 1 is 1.28 bits per heavy atom. The van der Waals surface area contributed by atoms with Crippen LogP contribution in [0.25, 0.3) is 0 Å². The maximum absolute atomic E-state index is 12.2. The zero-order valence-electron chi connectivity index (χ0n) is 10.9.